The second kappa shape index (κ2) is 4.07. The first-order chi connectivity index (χ1) is 6.06. The fourth-order valence-electron chi connectivity index (χ4n) is 1.27. The van der Waals surface area contributed by atoms with Crippen LogP contribution in [-0.4, -0.2) is 37.3 Å². The number of rotatable bonds is 4. The molecule has 1 heterocycles. The third kappa shape index (κ3) is 2.67. The molecule has 0 spiro atoms. The molecule has 0 aromatic heterocycles. The SMILES string of the molecule is CON(C)C(=O)C1OC1CC(C)C. The summed E-state index contributed by atoms with van der Waals surface area (Å²) in [6.07, 6.45) is 0.769. The largest absolute Gasteiger partial charge is 0.359 e. The van der Waals surface area contributed by atoms with E-state index < -0.39 is 0 Å². The third-order valence-corrected chi connectivity index (χ3v) is 2.11. The number of hydroxylamine groups is 2. The molecule has 0 aromatic rings. The summed E-state index contributed by atoms with van der Waals surface area (Å²) in [5.41, 5.74) is 0. The number of likely N-dealkylation sites (N-methyl/N-ethyl adjacent to an activating group) is 1. The summed E-state index contributed by atoms with van der Waals surface area (Å²) >= 11 is 0. The molecule has 4 heteroatoms. The lowest BCUT2D eigenvalue weighted by molar-refractivity contribution is -0.169. The molecule has 1 saturated heterocycles. The molecule has 0 N–H and O–H groups in total. The van der Waals surface area contributed by atoms with E-state index in [9.17, 15) is 4.79 Å². The van der Waals surface area contributed by atoms with Gasteiger partial charge in [-0.1, -0.05) is 13.8 Å². The van der Waals surface area contributed by atoms with Crippen molar-refractivity contribution in [2.45, 2.75) is 32.5 Å². The van der Waals surface area contributed by atoms with Crippen LogP contribution in [0.5, 0.6) is 0 Å². The Kier molecular flexibility index (Phi) is 3.27. The summed E-state index contributed by atoms with van der Waals surface area (Å²) in [5.74, 6) is 0.476. The average Bonchev–Trinajstić information content (AvgIpc) is 2.80. The predicted octanol–water partition coefficient (Wildman–Crippen LogP) is 0.820. The van der Waals surface area contributed by atoms with E-state index in [2.05, 4.69) is 13.8 Å². The van der Waals surface area contributed by atoms with Gasteiger partial charge in [0.25, 0.3) is 5.91 Å². The van der Waals surface area contributed by atoms with Crippen LogP contribution in [0.4, 0.5) is 0 Å². The number of ether oxygens (including phenoxy) is 1. The van der Waals surface area contributed by atoms with E-state index in [1.807, 2.05) is 0 Å². The van der Waals surface area contributed by atoms with Gasteiger partial charge in [-0.2, -0.15) is 0 Å². The first-order valence-electron chi connectivity index (χ1n) is 4.53. The number of nitrogens with zero attached hydrogens (tertiary/aromatic N) is 1. The zero-order valence-electron chi connectivity index (χ0n) is 8.61. The fraction of sp³-hybridized carbons (Fsp3) is 0.889. The molecule has 76 valence electrons. The maximum absolute atomic E-state index is 11.4. The lowest BCUT2D eigenvalue weighted by Gasteiger charge is -2.11. The zero-order valence-corrected chi connectivity index (χ0v) is 8.61. The van der Waals surface area contributed by atoms with E-state index in [1.54, 1.807) is 7.05 Å². The number of carbonyl (C=O) groups is 1. The van der Waals surface area contributed by atoms with E-state index in [1.165, 1.54) is 12.2 Å². The topological polar surface area (TPSA) is 42.1 Å². The molecule has 1 rings (SSSR count). The minimum atomic E-state index is -0.271. The molecule has 0 bridgehead atoms. The van der Waals surface area contributed by atoms with Crippen LogP contribution in [-0.2, 0) is 14.4 Å². The Labute approximate surface area is 78.8 Å². The monoisotopic (exact) mass is 187 g/mol. The summed E-state index contributed by atoms with van der Waals surface area (Å²) in [7, 11) is 3.06. The van der Waals surface area contributed by atoms with Crippen LogP contribution in [0, 0.1) is 5.92 Å². The number of epoxide rings is 1. The number of amides is 1. The van der Waals surface area contributed by atoms with Crippen LogP contribution in [0.25, 0.3) is 0 Å². The number of hydrogen-bond acceptors (Lipinski definition) is 3. The van der Waals surface area contributed by atoms with Crippen molar-refractivity contribution < 1.29 is 14.4 Å². The Morgan fingerprint density at radius 1 is 1.62 bits per heavy atom. The van der Waals surface area contributed by atoms with Gasteiger partial charge in [0, 0.05) is 7.05 Å². The van der Waals surface area contributed by atoms with Gasteiger partial charge in [-0.3, -0.25) is 9.63 Å². The molecule has 1 amide bonds. The molecule has 4 nitrogen and oxygen atoms in total. The lowest BCUT2D eigenvalue weighted by Crippen LogP contribution is -2.30. The van der Waals surface area contributed by atoms with E-state index in [0.29, 0.717) is 5.92 Å². The minimum absolute atomic E-state index is 0.0897. The maximum atomic E-state index is 11.4. The first kappa shape index (κ1) is 10.5. The van der Waals surface area contributed by atoms with Crippen LogP contribution >= 0.6 is 0 Å². The number of hydrogen-bond donors (Lipinski definition) is 0. The van der Waals surface area contributed by atoms with Gasteiger partial charge in [0.15, 0.2) is 6.10 Å². The molecule has 0 radical (unpaired) electrons. The Bertz CT molecular complexity index is 193. The van der Waals surface area contributed by atoms with E-state index in [4.69, 9.17) is 9.57 Å². The van der Waals surface area contributed by atoms with Crippen molar-refractivity contribution in [3.05, 3.63) is 0 Å². The fourth-order valence-corrected chi connectivity index (χ4v) is 1.27. The van der Waals surface area contributed by atoms with Crippen molar-refractivity contribution in [1.29, 1.82) is 0 Å². The molecule has 1 aliphatic heterocycles. The second-order valence-corrected chi connectivity index (χ2v) is 3.74. The maximum Gasteiger partial charge on any atom is 0.277 e. The first-order valence-corrected chi connectivity index (χ1v) is 4.53. The highest BCUT2D eigenvalue weighted by Crippen LogP contribution is 2.29. The Morgan fingerprint density at radius 2 is 2.23 bits per heavy atom. The highest BCUT2D eigenvalue weighted by Gasteiger charge is 2.46. The van der Waals surface area contributed by atoms with Gasteiger partial charge >= 0.3 is 0 Å². The highest BCUT2D eigenvalue weighted by atomic mass is 16.7. The van der Waals surface area contributed by atoms with Crippen molar-refractivity contribution in [1.82, 2.24) is 5.06 Å². The summed E-state index contributed by atoms with van der Waals surface area (Å²) in [6, 6.07) is 0. The van der Waals surface area contributed by atoms with E-state index in [0.717, 1.165) is 6.42 Å². The van der Waals surface area contributed by atoms with Gasteiger partial charge in [0.05, 0.1) is 13.2 Å². The molecule has 0 saturated carbocycles. The Morgan fingerprint density at radius 3 is 2.69 bits per heavy atom. The van der Waals surface area contributed by atoms with Crippen LogP contribution in [0.2, 0.25) is 0 Å². The van der Waals surface area contributed by atoms with Gasteiger partial charge in [-0.25, -0.2) is 5.06 Å². The molecule has 1 fully saturated rings. The van der Waals surface area contributed by atoms with E-state index in [-0.39, 0.29) is 18.1 Å². The van der Waals surface area contributed by atoms with Crippen LogP contribution in [0.3, 0.4) is 0 Å². The smallest absolute Gasteiger partial charge is 0.277 e. The summed E-state index contributed by atoms with van der Waals surface area (Å²) in [6.45, 7) is 4.23. The van der Waals surface area contributed by atoms with Gasteiger partial charge < -0.3 is 4.74 Å². The zero-order chi connectivity index (χ0) is 10.0. The van der Waals surface area contributed by atoms with Crippen molar-refractivity contribution in [3.63, 3.8) is 0 Å². The van der Waals surface area contributed by atoms with Gasteiger partial charge in [-0.05, 0) is 12.3 Å². The normalized spacial score (nSPS) is 26.2. The quantitative estimate of drug-likeness (QED) is 0.483. The van der Waals surface area contributed by atoms with Gasteiger partial charge in [-0.15, -0.1) is 0 Å². The average molecular weight is 187 g/mol. The minimum Gasteiger partial charge on any atom is -0.359 e. The van der Waals surface area contributed by atoms with Crippen molar-refractivity contribution >= 4 is 5.91 Å². The lowest BCUT2D eigenvalue weighted by atomic mass is 10.1. The summed E-state index contributed by atoms with van der Waals surface area (Å²) < 4.78 is 5.24. The molecule has 1 aliphatic rings. The molecule has 13 heavy (non-hydrogen) atoms. The highest BCUT2D eigenvalue weighted by molar-refractivity contribution is 5.82. The van der Waals surface area contributed by atoms with Gasteiger partial charge in [0.2, 0.25) is 0 Å². The summed E-state index contributed by atoms with van der Waals surface area (Å²) in [5, 5.41) is 1.21. The Hall–Kier alpha value is -0.610. The van der Waals surface area contributed by atoms with Gasteiger partial charge in [0.1, 0.15) is 0 Å². The van der Waals surface area contributed by atoms with Crippen molar-refractivity contribution in [2.24, 2.45) is 5.92 Å². The summed E-state index contributed by atoms with van der Waals surface area (Å²) in [4.78, 5) is 16.2. The predicted molar refractivity (Wildman–Crippen MR) is 47.9 cm³/mol. The molecule has 2 atom stereocenters. The van der Waals surface area contributed by atoms with Crippen LogP contribution in [0.1, 0.15) is 20.3 Å². The van der Waals surface area contributed by atoms with Crippen LogP contribution < -0.4 is 0 Å². The standard InChI is InChI=1S/C9H17NO3/c1-6(2)5-7-8(13-7)9(11)10(3)12-4/h6-8H,5H2,1-4H3. The molecular weight excluding hydrogens is 170 g/mol. The number of carbonyl (C=O) groups excluding carboxylic acids is 1. The third-order valence-electron chi connectivity index (χ3n) is 2.11. The molecular formula is C9H17NO3. The molecule has 2 unspecified atom stereocenters. The molecule has 0 aliphatic carbocycles. The van der Waals surface area contributed by atoms with Crippen LogP contribution in [0.15, 0.2) is 0 Å². The second-order valence-electron chi connectivity index (χ2n) is 3.74. The van der Waals surface area contributed by atoms with E-state index >= 15 is 0 Å². The molecule has 0 aromatic carbocycles. The van der Waals surface area contributed by atoms with Crippen molar-refractivity contribution in [2.75, 3.05) is 14.2 Å². The Balaban J connectivity index is 2.29. The van der Waals surface area contributed by atoms with Crippen molar-refractivity contribution in [3.8, 4) is 0 Å².